The normalized spacial score (nSPS) is 14.6. The van der Waals surface area contributed by atoms with Crippen molar-refractivity contribution in [1.29, 1.82) is 0 Å². The highest BCUT2D eigenvalue weighted by molar-refractivity contribution is 5.96. The fraction of sp³-hybridized carbons (Fsp3) is 0.231. The van der Waals surface area contributed by atoms with Crippen LogP contribution in [0.3, 0.4) is 0 Å². The molecule has 1 amide bonds. The van der Waals surface area contributed by atoms with E-state index in [1.807, 2.05) is 45.6 Å². The maximum Gasteiger partial charge on any atom is 0.407 e. The Labute approximate surface area is 206 Å². The number of carbonyl (C=O) groups is 1. The Bertz CT molecular complexity index is 1580. The lowest BCUT2D eigenvalue weighted by atomic mass is 9.93. The van der Waals surface area contributed by atoms with Gasteiger partial charge in [0, 0.05) is 35.7 Å². The van der Waals surface area contributed by atoms with Crippen molar-refractivity contribution in [3.8, 4) is 11.1 Å². The molecular weight excluding hydrogens is 456 g/mol. The SMILES string of the molecule is Nc1ncnn2c(C3CCN(C(=O)O)CC3)cc(-c3ccc4c(N)n(Cc5ccccc5)nc4c3)c12. The Morgan fingerprint density at radius 3 is 2.58 bits per heavy atom. The maximum absolute atomic E-state index is 11.3. The summed E-state index contributed by atoms with van der Waals surface area (Å²) in [5, 5.41) is 19.5. The number of piperidine rings is 1. The van der Waals surface area contributed by atoms with Gasteiger partial charge in [-0.3, -0.25) is 0 Å². The molecular formula is C26H26N8O2. The second kappa shape index (κ2) is 8.56. The summed E-state index contributed by atoms with van der Waals surface area (Å²) in [6.07, 6.45) is 2.03. The number of fused-ring (bicyclic) bond motifs is 2. The third kappa shape index (κ3) is 3.67. The predicted molar refractivity (Wildman–Crippen MR) is 138 cm³/mol. The molecule has 1 aliphatic heterocycles. The molecule has 0 unspecified atom stereocenters. The summed E-state index contributed by atoms with van der Waals surface area (Å²) in [5.41, 5.74) is 18.3. The maximum atomic E-state index is 11.3. The lowest BCUT2D eigenvalue weighted by Gasteiger charge is -2.29. The molecule has 0 bridgehead atoms. The standard InChI is InChI=1S/C26H26N8O2/c27-24-23-20(13-22(34(23)30-15-29-24)17-8-10-32(11-9-17)26(35)36)18-6-7-19-21(12-18)31-33(25(19)28)14-16-4-2-1-3-5-16/h1-7,12-13,15,17H,8-11,14,28H2,(H,35,36)(H2,27,29,30). The third-order valence-corrected chi connectivity index (χ3v) is 7.06. The largest absolute Gasteiger partial charge is 0.465 e. The van der Waals surface area contributed by atoms with Gasteiger partial charge in [0.15, 0.2) is 5.82 Å². The Balaban J connectivity index is 1.40. The first kappa shape index (κ1) is 21.9. The molecule has 1 saturated heterocycles. The number of nitrogen functional groups attached to an aromatic ring is 2. The van der Waals surface area contributed by atoms with E-state index in [9.17, 15) is 9.90 Å². The first-order valence-electron chi connectivity index (χ1n) is 11.9. The van der Waals surface area contributed by atoms with Gasteiger partial charge in [-0.25, -0.2) is 19.0 Å². The average molecular weight is 483 g/mol. The minimum Gasteiger partial charge on any atom is -0.465 e. The van der Waals surface area contributed by atoms with Gasteiger partial charge in [-0.2, -0.15) is 10.2 Å². The minimum atomic E-state index is -0.875. The highest BCUT2D eigenvalue weighted by Crippen LogP contribution is 2.38. The van der Waals surface area contributed by atoms with E-state index in [1.54, 1.807) is 0 Å². The molecule has 10 heteroatoms. The quantitative estimate of drug-likeness (QED) is 0.354. The highest BCUT2D eigenvalue weighted by atomic mass is 16.4. The van der Waals surface area contributed by atoms with Crippen LogP contribution < -0.4 is 11.5 Å². The van der Waals surface area contributed by atoms with Crippen LogP contribution in [0.1, 0.15) is 30.0 Å². The Kier molecular flexibility index (Phi) is 5.21. The van der Waals surface area contributed by atoms with Gasteiger partial charge in [0.25, 0.3) is 0 Å². The number of nitrogens with two attached hydrogens (primary N) is 2. The number of carboxylic acid groups (broad SMARTS) is 1. The van der Waals surface area contributed by atoms with E-state index in [-0.39, 0.29) is 5.92 Å². The average Bonchev–Trinajstić information content (AvgIpc) is 3.43. The number of anilines is 2. The molecule has 1 aliphatic rings. The zero-order valence-electron chi connectivity index (χ0n) is 19.6. The summed E-state index contributed by atoms with van der Waals surface area (Å²) in [6.45, 7) is 1.58. The van der Waals surface area contributed by atoms with Crippen LogP contribution in [0, 0.1) is 0 Å². The monoisotopic (exact) mass is 482 g/mol. The first-order chi connectivity index (χ1) is 17.5. The zero-order valence-corrected chi connectivity index (χ0v) is 19.6. The van der Waals surface area contributed by atoms with E-state index in [0.29, 0.717) is 31.3 Å². The van der Waals surface area contributed by atoms with E-state index in [4.69, 9.17) is 16.6 Å². The van der Waals surface area contributed by atoms with Gasteiger partial charge in [0.2, 0.25) is 0 Å². The van der Waals surface area contributed by atoms with Gasteiger partial charge < -0.3 is 21.5 Å². The summed E-state index contributed by atoms with van der Waals surface area (Å²) in [4.78, 5) is 17.0. The van der Waals surface area contributed by atoms with Crippen LogP contribution in [0.15, 0.2) is 60.9 Å². The number of rotatable bonds is 4. The van der Waals surface area contributed by atoms with Crippen molar-refractivity contribution < 1.29 is 9.90 Å². The topological polar surface area (TPSA) is 141 Å². The van der Waals surface area contributed by atoms with Gasteiger partial charge in [-0.15, -0.1) is 0 Å². The number of nitrogens with zero attached hydrogens (tertiary/aromatic N) is 6. The summed E-state index contributed by atoms with van der Waals surface area (Å²) in [7, 11) is 0. The molecule has 0 atom stereocenters. The number of likely N-dealkylation sites (tertiary alicyclic amines) is 1. The smallest absolute Gasteiger partial charge is 0.407 e. The minimum absolute atomic E-state index is 0.167. The van der Waals surface area contributed by atoms with Crippen LogP contribution in [0.4, 0.5) is 16.4 Å². The van der Waals surface area contributed by atoms with E-state index < -0.39 is 6.09 Å². The molecule has 0 radical (unpaired) electrons. The van der Waals surface area contributed by atoms with Crippen molar-refractivity contribution in [3.05, 3.63) is 72.2 Å². The van der Waals surface area contributed by atoms with Crippen LogP contribution >= 0.6 is 0 Å². The molecule has 10 nitrogen and oxygen atoms in total. The first-order valence-corrected chi connectivity index (χ1v) is 11.9. The van der Waals surface area contributed by atoms with Gasteiger partial charge >= 0.3 is 6.09 Å². The fourth-order valence-electron chi connectivity index (χ4n) is 5.17. The number of hydrogen-bond acceptors (Lipinski definition) is 6. The number of aromatic nitrogens is 5. The van der Waals surface area contributed by atoms with E-state index in [2.05, 4.69) is 28.3 Å². The van der Waals surface area contributed by atoms with Crippen molar-refractivity contribution in [1.82, 2.24) is 29.3 Å². The van der Waals surface area contributed by atoms with Gasteiger partial charge in [0.1, 0.15) is 17.7 Å². The molecule has 0 aliphatic carbocycles. The molecule has 5 N–H and O–H groups in total. The second-order valence-electron chi connectivity index (χ2n) is 9.19. The van der Waals surface area contributed by atoms with Crippen LogP contribution in [0.5, 0.6) is 0 Å². The summed E-state index contributed by atoms with van der Waals surface area (Å²) < 4.78 is 3.67. The lowest BCUT2D eigenvalue weighted by Crippen LogP contribution is -2.37. The van der Waals surface area contributed by atoms with Gasteiger partial charge in [-0.1, -0.05) is 36.4 Å². The van der Waals surface area contributed by atoms with Crippen molar-refractivity contribution in [2.24, 2.45) is 0 Å². The molecule has 36 heavy (non-hydrogen) atoms. The van der Waals surface area contributed by atoms with E-state index in [1.165, 1.54) is 11.2 Å². The molecule has 3 aromatic heterocycles. The molecule has 4 heterocycles. The molecule has 1 fully saturated rings. The molecule has 0 saturated carbocycles. The summed E-state index contributed by atoms with van der Waals surface area (Å²) in [6, 6.07) is 18.2. The van der Waals surface area contributed by atoms with E-state index in [0.717, 1.165) is 51.6 Å². The predicted octanol–water partition coefficient (Wildman–Crippen LogP) is 3.82. The van der Waals surface area contributed by atoms with Crippen molar-refractivity contribution in [3.63, 3.8) is 0 Å². The third-order valence-electron chi connectivity index (χ3n) is 7.06. The Morgan fingerprint density at radius 1 is 1.06 bits per heavy atom. The second-order valence-corrected chi connectivity index (χ2v) is 9.19. The zero-order chi connectivity index (χ0) is 24.8. The lowest BCUT2D eigenvalue weighted by molar-refractivity contribution is 0.131. The van der Waals surface area contributed by atoms with Crippen molar-refractivity contribution in [2.75, 3.05) is 24.6 Å². The fourth-order valence-corrected chi connectivity index (χ4v) is 5.17. The van der Waals surface area contributed by atoms with Crippen LogP contribution in [0.25, 0.3) is 27.5 Å². The molecule has 0 spiro atoms. The van der Waals surface area contributed by atoms with Crippen molar-refractivity contribution >= 4 is 34.1 Å². The number of hydrogen-bond donors (Lipinski definition) is 3. The Hall–Kier alpha value is -4.60. The summed E-state index contributed by atoms with van der Waals surface area (Å²) >= 11 is 0. The van der Waals surface area contributed by atoms with Crippen LogP contribution in [-0.2, 0) is 6.54 Å². The summed E-state index contributed by atoms with van der Waals surface area (Å²) in [5.74, 6) is 1.18. The number of amides is 1. The van der Waals surface area contributed by atoms with Crippen molar-refractivity contribution in [2.45, 2.75) is 25.3 Å². The van der Waals surface area contributed by atoms with E-state index >= 15 is 0 Å². The molecule has 6 rings (SSSR count). The molecule has 5 aromatic rings. The molecule has 2 aromatic carbocycles. The van der Waals surface area contributed by atoms with Gasteiger partial charge in [0.05, 0.1) is 12.1 Å². The molecule has 182 valence electrons. The highest BCUT2D eigenvalue weighted by Gasteiger charge is 2.27. The number of benzene rings is 2. The van der Waals surface area contributed by atoms with Crippen LogP contribution in [0.2, 0.25) is 0 Å². The Morgan fingerprint density at radius 2 is 1.83 bits per heavy atom. The van der Waals surface area contributed by atoms with Gasteiger partial charge in [-0.05, 0) is 42.2 Å². The van der Waals surface area contributed by atoms with Crippen LogP contribution in [-0.4, -0.2) is 53.6 Å².